The first-order valence-corrected chi connectivity index (χ1v) is 8.48. The van der Waals surface area contributed by atoms with Crippen LogP contribution in [-0.4, -0.2) is 28.5 Å². The van der Waals surface area contributed by atoms with Gasteiger partial charge in [-0.05, 0) is 30.3 Å². The van der Waals surface area contributed by atoms with Gasteiger partial charge in [0.05, 0.1) is 23.4 Å². The Bertz CT molecular complexity index is 900. The summed E-state index contributed by atoms with van der Waals surface area (Å²) < 4.78 is 58.2. The molecular formula is C13H14N2O6S2. The van der Waals surface area contributed by atoms with Gasteiger partial charge in [-0.2, -0.15) is 16.8 Å². The molecular weight excluding hydrogens is 344 g/mol. The van der Waals surface area contributed by atoms with Crippen LogP contribution in [0.25, 0.3) is 0 Å². The SMILES string of the molecule is COc1ccccc1N.O=S(=O)=Nc1cccc(S(=O)(=O)O)c1. The van der Waals surface area contributed by atoms with E-state index in [9.17, 15) is 16.8 Å². The Hall–Kier alpha value is -2.43. The van der Waals surface area contributed by atoms with Gasteiger partial charge in [-0.1, -0.05) is 18.2 Å². The number of methoxy groups -OCH3 is 1. The second-order valence-corrected chi connectivity index (χ2v) is 6.06. The van der Waals surface area contributed by atoms with Gasteiger partial charge in [0.15, 0.2) is 0 Å². The van der Waals surface area contributed by atoms with Crippen molar-refractivity contribution in [2.45, 2.75) is 4.90 Å². The summed E-state index contributed by atoms with van der Waals surface area (Å²) in [5.74, 6) is 0.734. The quantitative estimate of drug-likeness (QED) is 0.631. The number of benzene rings is 2. The molecule has 23 heavy (non-hydrogen) atoms. The standard InChI is InChI=1S/C7H9NO.C6H5NO5S2/c1-9-7-5-3-2-4-6(7)8;8-13(9)7-5-2-1-3-6(4-5)14(10,11)12/h2-5H,8H2,1H3;1-4H,(H,10,11,12). The summed E-state index contributed by atoms with van der Waals surface area (Å²) >= 11 is 0. The molecule has 8 nitrogen and oxygen atoms in total. The van der Waals surface area contributed by atoms with Crippen LogP contribution in [0.2, 0.25) is 0 Å². The van der Waals surface area contributed by atoms with Gasteiger partial charge in [-0.3, -0.25) is 4.55 Å². The molecule has 0 aliphatic rings. The highest BCUT2D eigenvalue weighted by molar-refractivity contribution is 7.85. The van der Waals surface area contributed by atoms with Crippen molar-refractivity contribution in [2.24, 2.45) is 4.36 Å². The maximum Gasteiger partial charge on any atom is 0.316 e. The molecule has 0 aliphatic heterocycles. The molecule has 0 fully saturated rings. The van der Waals surface area contributed by atoms with Crippen molar-refractivity contribution in [3.63, 3.8) is 0 Å². The van der Waals surface area contributed by atoms with Crippen LogP contribution in [0.5, 0.6) is 5.75 Å². The molecule has 0 aliphatic carbocycles. The molecule has 124 valence electrons. The second kappa shape index (κ2) is 8.27. The third-order valence-corrected chi connectivity index (χ3v) is 3.64. The maximum absolute atomic E-state index is 10.6. The van der Waals surface area contributed by atoms with Crippen molar-refractivity contribution in [1.82, 2.24) is 0 Å². The number of hydrogen-bond acceptors (Lipinski definition) is 7. The van der Waals surface area contributed by atoms with E-state index in [4.69, 9.17) is 15.0 Å². The summed E-state index contributed by atoms with van der Waals surface area (Å²) in [7, 11) is -5.37. The Morgan fingerprint density at radius 1 is 1.13 bits per heavy atom. The summed E-state index contributed by atoms with van der Waals surface area (Å²) in [4.78, 5) is -0.399. The fraction of sp³-hybridized carbons (Fsp3) is 0.0769. The molecule has 10 heteroatoms. The maximum atomic E-state index is 10.6. The minimum Gasteiger partial charge on any atom is -0.495 e. The Morgan fingerprint density at radius 3 is 2.26 bits per heavy atom. The van der Waals surface area contributed by atoms with E-state index in [1.807, 2.05) is 18.2 Å². The zero-order valence-electron chi connectivity index (χ0n) is 11.9. The van der Waals surface area contributed by atoms with Crippen LogP contribution in [0.1, 0.15) is 0 Å². The lowest BCUT2D eigenvalue weighted by molar-refractivity contribution is 0.417. The molecule has 0 atom stereocenters. The first kappa shape index (κ1) is 18.6. The average Bonchev–Trinajstić information content (AvgIpc) is 2.47. The zero-order valence-corrected chi connectivity index (χ0v) is 13.6. The Labute approximate surface area is 135 Å². The van der Waals surface area contributed by atoms with Gasteiger partial charge in [-0.25, -0.2) is 0 Å². The summed E-state index contributed by atoms with van der Waals surface area (Å²) in [5, 5.41) is 0. The minimum absolute atomic E-state index is 0.0616. The van der Waals surface area contributed by atoms with E-state index in [0.29, 0.717) is 5.69 Å². The van der Waals surface area contributed by atoms with Crippen molar-refractivity contribution < 1.29 is 26.1 Å². The summed E-state index contributed by atoms with van der Waals surface area (Å²) in [6.45, 7) is 0. The van der Waals surface area contributed by atoms with E-state index in [1.54, 1.807) is 13.2 Å². The highest BCUT2D eigenvalue weighted by Crippen LogP contribution is 2.18. The largest absolute Gasteiger partial charge is 0.495 e. The van der Waals surface area contributed by atoms with Gasteiger partial charge in [0.1, 0.15) is 5.75 Å². The number of nitrogens with two attached hydrogens (primary N) is 1. The zero-order chi connectivity index (χ0) is 17.5. The highest BCUT2D eigenvalue weighted by atomic mass is 32.2. The lowest BCUT2D eigenvalue weighted by atomic mass is 10.3. The molecule has 0 bridgehead atoms. The smallest absolute Gasteiger partial charge is 0.316 e. The fourth-order valence-electron chi connectivity index (χ4n) is 1.45. The number of rotatable bonds is 3. The van der Waals surface area contributed by atoms with E-state index >= 15 is 0 Å². The Morgan fingerprint density at radius 2 is 1.78 bits per heavy atom. The van der Waals surface area contributed by atoms with Crippen LogP contribution >= 0.6 is 0 Å². The molecule has 2 rings (SSSR count). The van der Waals surface area contributed by atoms with Crippen LogP contribution in [0.15, 0.2) is 57.8 Å². The van der Waals surface area contributed by atoms with Crippen LogP contribution in [0.3, 0.4) is 0 Å². The van der Waals surface area contributed by atoms with Gasteiger partial charge < -0.3 is 10.5 Å². The van der Waals surface area contributed by atoms with Crippen molar-refractivity contribution in [3.8, 4) is 5.75 Å². The van der Waals surface area contributed by atoms with E-state index < -0.39 is 25.5 Å². The highest BCUT2D eigenvalue weighted by Gasteiger charge is 2.09. The molecule has 0 unspecified atom stereocenters. The van der Waals surface area contributed by atoms with E-state index in [-0.39, 0.29) is 5.69 Å². The molecule has 3 N–H and O–H groups in total. The van der Waals surface area contributed by atoms with Crippen molar-refractivity contribution in [3.05, 3.63) is 48.5 Å². The van der Waals surface area contributed by atoms with Gasteiger partial charge in [-0.15, -0.1) is 4.36 Å². The van der Waals surface area contributed by atoms with Crippen LogP contribution in [0, 0.1) is 0 Å². The van der Waals surface area contributed by atoms with Gasteiger partial charge >= 0.3 is 10.5 Å². The van der Waals surface area contributed by atoms with Crippen LogP contribution in [-0.2, 0) is 20.6 Å². The summed E-state index contributed by atoms with van der Waals surface area (Å²) in [6.07, 6.45) is 0. The average molecular weight is 358 g/mol. The van der Waals surface area contributed by atoms with E-state index in [2.05, 4.69) is 4.36 Å². The number of nitrogens with zero attached hydrogens (tertiary/aromatic N) is 1. The molecule has 0 amide bonds. The predicted molar refractivity (Wildman–Crippen MR) is 84.7 cm³/mol. The third-order valence-electron chi connectivity index (χ3n) is 2.43. The van der Waals surface area contributed by atoms with Crippen molar-refractivity contribution in [2.75, 3.05) is 12.8 Å². The number of anilines is 1. The molecule has 0 spiro atoms. The second-order valence-electron chi connectivity index (χ2n) is 4.02. The molecule has 0 radical (unpaired) electrons. The summed E-state index contributed by atoms with van der Waals surface area (Å²) in [6, 6.07) is 12.0. The number of hydrogen-bond donors (Lipinski definition) is 2. The van der Waals surface area contributed by atoms with Crippen LogP contribution in [0.4, 0.5) is 11.4 Å². The lowest BCUT2D eigenvalue weighted by Crippen LogP contribution is -1.96. The fourth-order valence-corrected chi connectivity index (χ4v) is 2.26. The first-order valence-electron chi connectivity index (χ1n) is 6.01. The number of ether oxygens (including phenoxy) is 1. The van der Waals surface area contributed by atoms with Crippen LogP contribution < -0.4 is 10.5 Å². The normalized spacial score (nSPS) is 10.2. The van der Waals surface area contributed by atoms with E-state index in [1.165, 1.54) is 12.1 Å². The molecule has 2 aromatic rings. The van der Waals surface area contributed by atoms with Crippen molar-refractivity contribution in [1.29, 1.82) is 0 Å². The molecule has 0 aromatic heterocycles. The first-order chi connectivity index (χ1) is 10.7. The van der Waals surface area contributed by atoms with Gasteiger partial charge in [0.25, 0.3) is 10.1 Å². The van der Waals surface area contributed by atoms with Crippen molar-refractivity contribution >= 4 is 32.0 Å². The predicted octanol–water partition coefficient (Wildman–Crippen LogP) is 1.90. The molecule has 2 aromatic carbocycles. The van der Waals surface area contributed by atoms with Gasteiger partial charge in [0.2, 0.25) is 0 Å². The molecule has 0 heterocycles. The van der Waals surface area contributed by atoms with E-state index in [0.717, 1.165) is 17.9 Å². The monoisotopic (exact) mass is 358 g/mol. The van der Waals surface area contributed by atoms with Gasteiger partial charge in [0, 0.05) is 0 Å². The number of para-hydroxylation sites is 2. The molecule has 0 saturated carbocycles. The topological polar surface area (TPSA) is 136 Å². The summed E-state index contributed by atoms with van der Waals surface area (Å²) in [5.41, 5.74) is 6.13. The molecule has 0 saturated heterocycles. The third kappa shape index (κ3) is 6.46. The number of nitrogen functional groups attached to an aromatic ring is 1. The lowest BCUT2D eigenvalue weighted by Gasteiger charge is -2.00. The Balaban J connectivity index is 0.000000253. The Kier molecular flexibility index (Phi) is 6.69. The minimum atomic E-state index is -4.32.